The molecule has 0 atom stereocenters. The highest BCUT2D eigenvalue weighted by molar-refractivity contribution is 5.82. The van der Waals surface area contributed by atoms with Gasteiger partial charge in [-0.25, -0.2) is 4.39 Å². The predicted molar refractivity (Wildman–Crippen MR) is 72.6 cm³/mol. The van der Waals surface area contributed by atoms with Crippen molar-refractivity contribution in [2.45, 2.75) is 6.42 Å². The second-order valence-electron chi connectivity index (χ2n) is 4.44. The molecule has 3 rings (SSSR count). The van der Waals surface area contributed by atoms with E-state index in [4.69, 9.17) is 0 Å². The summed E-state index contributed by atoms with van der Waals surface area (Å²) in [6, 6.07) is 13.9. The Morgan fingerprint density at radius 2 is 1.84 bits per heavy atom. The normalized spacial score (nSPS) is 10.8. The highest BCUT2D eigenvalue weighted by atomic mass is 19.1. The molecular formula is C16H12FNO. The molecule has 1 aromatic heterocycles. The zero-order valence-corrected chi connectivity index (χ0v) is 10.2. The van der Waals surface area contributed by atoms with Gasteiger partial charge in [-0.3, -0.25) is 4.98 Å². The van der Waals surface area contributed by atoms with Gasteiger partial charge in [-0.15, -0.1) is 0 Å². The number of pyridine rings is 1. The number of fused-ring (bicyclic) bond motifs is 1. The van der Waals surface area contributed by atoms with Gasteiger partial charge in [0.25, 0.3) is 0 Å². The van der Waals surface area contributed by atoms with Crippen LogP contribution in [0, 0.1) is 5.82 Å². The molecule has 0 saturated carbocycles. The molecule has 0 bridgehead atoms. The number of phenols is 1. The molecule has 3 aromatic rings. The number of hydrogen-bond donors (Lipinski definition) is 1. The van der Waals surface area contributed by atoms with Crippen LogP contribution in [-0.2, 0) is 6.42 Å². The highest BCUT2D eigenvalue weighted by Gasteiger charge is 2.07. The Balaban J connectivity index is 2.06. The summed E-state index contributed by atoms with van der Waals surface area (Å²) < 4.78 is 13.0. The van der Waals surface area contributed by atoms with Gasteiger partial charge >= 0.3 is 0 Å². The van der Waals surface area contributed by atoms with E-state index in [9.17, 15) is 9.50 Å². The summed E-state index contributed by atoms with van der Waals surface area (Å²) in [6.45, 7) is 0. The van der Waals surface area contributed by atoms with Gasteiger partial charge in [-0.2, -0.15) is 0 Å². The number of phenolic OH excluding ortho intramolecular Hbond substituents is 1. The van der Waals surface area contributed by atoms with Crippen LogP contribution >= 0.6 is 0 Å². The second-order valence-corrected chi connectivity index (χ2v) is 4.44. The van der Waals surface area contributed by atoms with Crippen LogP contribution in [0.4, 0.5) is 4.39 Å². The lowest BCUT2D eigenvalue weighted by molar-refractivity contribution is 0.463. The SMILES string of the molecule is Oc1cc(F)ccc1Cc1ccnc2ccccc12. The molecule has 0 fully saturated rings. The van der Waals surface area contributed by atoms with Crippen molar-refractivity contribution in [3.05, 3.63) is 71.7 Å². The molecule has 0 aliphatic rings. The Labute approximate surface area is 110 Å². The van der Waals surface area contributed by atoms with Crippen molar-refractivity contribution >= 4 is 10.9 Å². The monoisotopic (exact) mass is 253 g/mol. The molecule has 2 aromatic carbocycles. The van der Waals surface area contributed by atoms with Crippen molar-refractivity contribution in [2.75, 3.05) is 0 Å². The molecule has 0 unspecified atom stereocenters. The minimum atomic E-state index is -0.430. The minimum absolute atomic E-state index is 0.0131. The van der Waals surface area contributed by atoms with Crippen LogP contribution in [0.3, 0.4) is 0 Å². The molecule has 1 N–H and O–H groups in total. The molecule has 0 aliphatic heterocycles. The molecule has 0 spiro atoms. The zero-order valence-electron chi connectivity index (χ0n) is 10.2. The number of rotatable bonds is 2. The van der Waals surface area contributed by atoms with Gasteiger partial charge < -0.3 is 5.11 Å². The number of aromatic nitrogens is 1. The lowest BCUT2D eigenvalue weighted by atomic mass is 10.0. The molecule has 19 heavy (non-hydrogen) atoms. The van der Waals surface area contributed by atoms with Crippen molar-refractivity contribution in [3.63, 3.8) is 0 Å². The number of aromatic hydroxyl groups is 1. The quantitative estimate of drug-likeness (QED) is 0.756. The molecular weight excluding hydrogens is 241 g/mol. The van der Waals surface area contributed by atoms with Gasteiger partial charge in [0.15, 0.2) is 0 Å². The number of nitrogens with zero attached hydrogens (tertiary/aromatic N) is 1. The van der Waals surface area contributed by atoms with Crippen molar-refractivity contribution in [2.24, 2.45) is 0 Å². The first-order valence-electron chi connectivity index (χ1n) is 6.04. The Bertz CT molecular complexity index is 734. The van der Waals surface area contributed by atoms with E-state index in [-0.39, 0.29) is 5.75 Å². The molecule has 94 valence electrons. The Morgan fingerprint density at radius 3 is 2.68 bits per heavy atom. The van der Waals surface area contributed by atoms with Crippen molar-refractivity contribution in [1.29, 1.82) is 0 Å². The minimum Gasteiger partial charge on any atom is -0.508 e. The fourth-order valence-corrected chi connectivity index (χ4v) is 2.20. The van der Waals surface area contributed by atoms with Crippen LogP contribution in [0.15, 0.2) is 54.7 Å². The van der Waals surface area contributed by atoms with Gasteiger partial charge in [0.2, 0.25) is 0 Å². The molecule has 3 heteroatoms. The second kappa shape index (κ2) is 4.69. The number of benzene rings is 2. The van der Waals surface area contributed by atoms with E-state index < -0.39 is 5.82 Å². The van der Waals surface area contributed by atoms with Crippen molar-refractivity contribution in [3.8, 4) is 5.75 Å². The average Bonchev–Trinajstić information content (AvgIpc) is 2.42. The van der Waals surface area contributed by atoms with Crippen LogP contribution in [0.25, 0.3) is 10.9 Å². The molecule has 1 heterocycles. The number of para-hydroxylation sites is 1. The van der Waals surface area contributed by atoms with E-state index >= 15 is 0 Å². The van der Waals surface area contributed by atoms with Crippen LogP contribution in [0.5, 0.6) is 5.75 Å². The largest absolute Gasteiger partial charge is 0.508 e. The van der Waals surface area contributed by atoms with Gasteiger partial charge in [-0.1, -0.05) is 24.3 Å². The maximum absolute atomic E-state index is 13.0. The molecule has 0 radical (unpaired) electrons. The van der Waals surface area contributed by atoms with E-state index in [0.29, 0.717) is 12.0 Å². The Hall–Kier alpha value is -2.42. The van der Waals surface area contributed by atoms with Crippen LogP contribution in [0.2, 0.25) is 0 Å². The fourth-order valence-electron chi connectivity index (χ4n) is 2.20. The summed E-state index contributed by atoms with van der Waals surface area (Å²) in [4.78, 5) is 4.30. The van der Waals surface area contributed by atoms with E-state index in [1.807, 2.05) is 30.3 Å². The first-order valence-corrected chi connectivity index (χ1v) is 6.04. The molecule has 0 aliphatic carbocycles. The third kappa shape index (κ3) is 2.27. The lowest BCUT2D eigenvalue weighted by Gasteiger charge is -2.07. The summed E-state index contributed by atoms with van der Waals surface area (Å²) in [5, 5.41) is 10.8. The van der Waals surface area contributed by atoms with Gasteiger partial charge in [0.1, 0.15) is 11.6 Å². The predicted octanol–water partition coefficient (Wildman–Crippen LogP) is 3.67. The average molecular weight is 253 g/mol. The smallest absolute Gasteiger partial charge is 0.126 e. The van der Waals surface area contributed by atoms with Gasteiger partial charge in [0, 0.05) is 24.1 Å². The standard InChI is InChI=1S/C16H12FNO/c17-13-6-5-12(16(19)10-13)9-11-7-8-18-15-4-2-1-3-14(11)15/h1-8,10,19H,9H2. The van der Waals surface area contributed by atoms with Crippen molar-refractivity contribution in [1.82, 2.24) is 4.98 Å². The Morgan fingerprint density at radius 1 is 1.00 bits per heavy atom. The number of halogens is 1. The zero-order chi connectivity index (χ0) is 13.2. The summed E-state index contributed by atoms with van der Waals surface area (Å²) in [6.07, 6.45) is 2.30. The fraction of sp³-hybridized carbons (Fsp3) is 0.0625. The van der Waals surface area contributed by atoms with Gasteiger partial charge in [-0.05, 0) is 29.3 Å². The van der Waals surface area contributed by atoms with Crippen molar-refractivity contribution < 1.29 is 9.50 Å². The van der Waals surface area contributed by atoms with E-state index in [0.717, 1.165) is 22.5 Å². The van der Waals surface area contributed by atoms with Crippen LogP contribution in [0.1, 0.15) is 11.1 Å². The topological polar surface area (TPSA) is 33.1 Å². The van der Waals surface area contributed by atoms with E-state index in [2.05, 4.69) is 4.98 Å². The van der Waals surface area contributed by atoms with E-state index in [1.165, 1.54) is 6.07 Å². The summed E-state index contributed by atoms with van der Waals surface area (Å²) >= 11 is 0. The number of hydrogen-bond acceptors (Lipinski definition) is 2. The first-order chi connectivity index (χ1) is 9.24. The highest BCUT2D eigenvalue weighted by Crippen LogP contribution is 2.24. The maximum Gasteiger partial charge on any atom is 0.126 e. The first kappa shape index (κ1) is 11.7. The third-order valence-corrected chi connectivity index (χ3v) is 3.17. The van der Waals surface area contributed by atoms with E-state index in [1.54, 1.807) is 12.3 Å². The maximum atomic E-state index is 13.0. The van der Waals surface area contributed by atoms with Crippen LogP contribution < -0.4 is 0 Å². The summed E-state index contributed by atoms with van der Waals surface area (Å²) in [5.74, 6) is -0.443. The van der Waals surface area contributed by atoms with Crippen LogP contribution in [-0.4, -0.2) is 10.1 Å². The Kier molecular flexibility index (Phi) is 2.88. The molecule has 0 amide bonds. The third-order valence-electron chi connectivity index (χ3n) is 3.17. The molecule has 2 nitrogen and oxygen atoms in total. The molecule has 0 saturated heterocycles. The summed E-state index contributed by atoms with van der Waals surface area (Å²) in [7, 11) is 0. The van der Waals surface area contributed by atoms with Gasteiger partial charge in [0.05, 0.1) is 5.52 Å². The lowest BCUT2D eigenvalue weighted by Crippen LogP contribution is -1.92. The summed E-state index contributed by atoms with van der Waals surface area (Å²) in [5.41, 5.74) is 2.69.